The summed E-state index contributed by atoms with van der Waals surface area (Å²) in [5, 5.41) is 0. The molecule has 0 aliphatic rings. The summed E-state index contributed by atoms with van der Waals surface area (Å²) in [6, 6.07) is 0. The van der Waals surface area contributed by atoms with E-state index in [1.807, 2.05) is 0 Å². The molecule has 0 heterocycles. The van der Waals surface area contributed by atoms with Crippen LogP contribution < -0.4 is 0 Å². The molecule has 0 bridgehead atoms. The maximum Gasteiger partial charge on any atom is 3.00 e. The van der Waals surface area contributed by atoms with Gasteiger partial charge in [-0.15, -0.1) is 5.56 Å². The monoisotopic (exact) mass is 382 g/mol. The Balaban J connectivity index is -0.00000161. The van der Waals surface area contributed by atoms with E-state index in [-0.39, 0.29) is 36.6 Å². The fourth-order valence-electron chi connectivity index (χ4n) is 3.75. The third kappa shape index (κ3) is 8.50. The first kappa shape index (κ1) is 29.8. The van der Waals surface area contributed by atoms with Gasteiger partial charge in [-0.2, -0.15) is 22.3 Å². The molecule has 0 spiro atoms. The van der Waals surface area contributed by atoms with E-state index in [0.717, 1.165) is 0 Å². The van der Waals surface area contributed by atoms with E-state index in [0.29, 0.717) is 0 Å². The summed E-state index contributed by atoms with van der Waals surface area (Å²) in [7, 11) is 4.39. The van der Waals surface area contributed by atoms with Gasteiger partial charge < -0.3 is 19.8 Å². The van der Waals surface area contributed by atoms with E-state index in [9.17, 15) is 0 Å². The van der Waals surface area contributed by atoms with Crippen molar-refractivity contribution in [3.05, 3.63) is 42.7 Å². The summed E-state index contributed by atoms with van der Waals surface area (Å²) < 4.78 is 0. The van der Waals surface area contributed by atoms with Crippen LogP contribution in [0.3, 0.4) is 0 Å². The van der Waals surface area contributed by atoms with Crippen LogP contribution in [0.1, 0.15) is 81.2 Å². The van der Waals surface area contributed by atoms with Crippen molar-refractivity contribution < 1.29 is 21.7 Å². The molecule has 0 atom stereocenters. The predicted molar refractivity (Wildman–Crippen MR) is 113 cm³/mol. The molecule has 0 unspecified atom stereocenters. The van der Waals surface area contributed by atoms with Gasteiger partial charge in [0.1, 0.15) is 0 Å². The van der Waals surface area contributed by atoms with Gasteiger partial charge in [0.2, 0.25) is 0 Å². The first-order valence-electron chi connectivity index (χ1n) is 9.56. The maximum absolute atomic E-state index is 2.33. The second-order valence-electron chi connectivity index (χ2n) is 6.95. The van der Waals surface area contributed by atoms with Crippen molar-refractivity contribution in [3.8, 4) is 0 Å². The number of hydrogen-bond acceptors (Lipinski definition) is 1. The molecule has 1 aromatic carbocycles. The molecule has 0 aromatic heterocycles. The maximum atomic E-state index is 2.33. The van der Waals surface area contributed by atoms with Gasteiger partial charge in [-0.25, -0.2) is 0 Å². The Hall–Kier alpha value is 0.0243. The normalized spacial score (nSPS) is 10.2. The van der Waals surface area contributed by atoms with E-state index in [1.54, 1.807) is 27.8 Å². The standard InChI is InChI=1S/C21H38N.2CH3.Ti/c1-7-11-17-18(12-8-2)20(14-10-4)21(15-16-22(5)6)19(17)13-9-3;;;/h7-16H2,1-6H3;2*1H3;/q3*-1;+3. The largest absolute Gasteiger partial charge is 3.00 e. The SMILES string of the molecule is CCCc1c(CCC)c(CCC)[c-](CCN(C)C)c1CCC.[CH3-].[CH3-].[Ti+3]. The number of hydrogen-bond donors (Lipinski definition) is 0. The molecule has 0 aliphatic heterocycles. The zero-order valence-corrected chi connectivity index (χ0v) is 20.1. The van der Waals surface area contributed by atoms with E-state index in [2.05, 4.69) is 46.7 Å². The van der Waals surface area contributed by atoms with Gasteiger partial charge in [0, 0.05) is 0 Å². The van der Waals surface area contributed by atoms with Crippen LogP contribution in [-0.2, 0) is 53.8 Å². The Bertz CT molecular complexity index is 398. The molecule has 0 aliphatic carbocycles. The second kappa shape index (κ2) is 16.2. The number of likely N-dealkylation sites (N-methyl/N-ethyl adjacent to an activating group) is 1. The van der Waals surface area contributed by atoms with Crippen LogP contribution in [0.5, 0.6) is 0 Å². The smallest absolute Gasteiger partial charge is 0.358 e. The Kier molecular flexibility index (Phi) is 19.3. The van der Waals surface area contributed by atoms with Crippen LogP contribution in [0.25, 0.3) is 0 Å². The van der Waals surface area contributed by atoms with Crippen LogP contribution >= 0.6 is 0 Å². The molecule has 0 N–H and O–H groups in total. The molecule has 0 saturated heterocycles. The van der Waals surface area contributed by atoms with Crippen LogP contribution in [0.2, 0.25) is 0 Å². The molecule has 1 rings (SSSR count). The molecule has 0 amide bonds. The van der Waals surface area contributed by atoms with Crippen molar-refractivity contribution >= 4 is 0 Å². The summed E-state index contributed by atoms with van der Waals surface area (Å²) in [6.07, 6.45) is 11.4. The molecule has 0 fully saturated rings. The van der Waals surface area contributed by atoms with Gasteiger partial charge >= 0.3 is 21.7 Å². The van der Waals surface area contributed by atoms with Crippen LogP contribution in [-0.4, -0.2) is 25.5 Å². The summed E-state index contributed by atoms with van der Waals surface area (Å²) in [5.41, 5.74) is 8.67. The molecular weight excluding hydrogens is 338 g/mol. The average molecular weight is 382 g/mol. The molecule has 1 nitrogen and oxygen atoms in total. The first-order chi connectivity index (χ1) is 10.6. The molecule has 1 aromatic rings. The van der Waals surface area contributed by atoms with E-state index < -0.39 is 0 Å². The summed E-state index contributed by atoms with van der Waals surface area (Å²) in [6.45, 7) is 10.5. The molecule has 1 radical (unpaired) electrons. The number of nitrogens with zero attached hydrogens (tertiary/aromatic N) is 1. The van der Waals surface area contributed by atoms with Crippen molar-refractivity contribution in [1.29, 1.82) is 0 Å². The van der Waals surface area contributed by atoms with E-state index in [4.69, 9.17) is 0 Å². The molecular formula is C23H44NTi. The third-order valence-corrected chi connectivity index (χ3v) is 4.63. The second-order valence-corrected chi connectivity index (χ2v) is 6.95. The minimum absolute atomic E-state index is 0. The molecule has 145 valence electrons. The van der Waals surface area contributed by atoms with Gasteiger partial charge in [0.05, 0.1) is 0 Å². The zero-order valence-electron chi connectivity index (χ0n) is 18.5. The van der Waals surface area contributed by atoms with Crippen LogP contribution in [0, 0.1) is 14.9 Å². The average Bonchev–Trinajstić information content (AvgIpc) is 2.73. The van der Waals surface area contributed by atoms with Crippen molar-refractivity contribution in [2.45, 2.75) is 85.5 Å². The minimum Gasteiger partial charge on any atom is -0.358 e. The summed E-state index contributed by atoms with van der Waals surface area (Å²) in [5.74, 6) is 0. The quantitative estimate of drug-likeness (QED) is 0.324. The molecule has 2 heteroatoms. The first-order valence-corrected chi connectivity index (χ1v) is 9.56. The van der Waals surface area contributed by atoms with Gasteiger partial charge in [-0.1, -0.05) is 85.5 Å². The third-order valence-electron chi connectivity index (χ3n) is 4.63. The van der Waals surface area contributed by atoms with Crippen molar-refractivity contribution in [2.24, 2.45) is 0 Å². The predicted octanol–water partition coefficient (Wildman–Crippen LogP) is 6.22. The van der Waals surface area contributed by atoms with Crippen LogP contribution in [0.15, 0.2) is 0 Å². The van der Waals surface area contributed by atoms with E-state index >= 15 is 0 Å². The minimum atomic E-state index is 0. The Morgan fingerprint density at radius 1 is 0.680 bits per heavy atom. The Morgan fingerprint density at radius 2 is 1.04 bits per heavy atom. The van der Waals surface area contributed by atoms with Gasteiger partial charge in [0.15, 0.2) is 0 Å². The van der Waals surface area contributed by atoms with Gasteiger partial charge in [-0.05, 0) is 20.6 Å². The van der Waals surface area contributed by atoms with Crippen molar-refractivity contribution in [3.63, 3.8) is 0 Å². The molecule has 0 saturated carbocycles. The summed E-state index contributed by atoms with van der Waals surface area (Å²) in [4.78, 5) is 2.33. The van der Waals surface area contributed by atoms with Gasteiger partial charge in [-0.3, -0.25) is 0 Å². The Labute approximate surface area is 175 Å². The van der Waals surface area contributed by atoms with E-state index in [1.165, 1.54) is 64.3 Å². The fourth-order valence-corrected chi connectivity index (χ4v) is 3.75. The van der Waals surface area contributed by atoms with Crippen molar-refractivity contribution in [2.75, 3.05) is 20.6 Å². The molecule has 25 heavy (non-hydrogen) atoms. The zero-order chi connectivity index (χ0) is 16.5. The topological polar surface area (TPSA) is 3.24 Å². The number of rotatable bonds is 11. The van der Waals surface area contributed by atoms with Gasteiger partial charge in [0.25, 0.3) is 0 Å². The van der Waals surface area contributed by atoms with Crippen molar-refractivity contribution in [1.82, 2.24) is 4.90 Å². The summed E-state index contributed by atoms with van der Waals surface area (Å²) >= 11 is 0. The Morgan fingerprint density at radius 3 is 1.32 bits per heavy atom. The fraction of sp³-hybridized carbons (Fsp3) is 0.696. The van der Waals surface area contributed by atoms with Crippen LogP contribution in [0.4, 0.5) is 0 Å².